The summed E-state index contributed by atoms with van der Waals surface area (Å²) < 4.78 is 19.3. The van der Waals surface area contributed by atoms with E-state index in [0.29, 0.717) is 17.9 Å². The Labute approximate surface area is 164 Å². The summed E-state index contributed by atoms with van der Waals surface area (Å²) in [7, 11) is 0. The lowest BCUT2D eigenvalue weighted by Crippen LogP contribution is -2.30. The standard InChI is InChI=1S/C20H17FN2O2S2/c21-14-3-6-19-17(9-14)18(7-8-27-19)23-20(24)13-1-4-16(5-2-13)25-10-15-11-26-12-22-15/h1-6,9,11-12,18H,7-8,10H2,(H,23,24). The van der Waals surface area contributed by atoms with Crippen molar-refractivity contribution in [2.45, 2.75) is 24.0 Å². The molecule has 1 N–H and O–H groups in total. The number of benzene rings is 2. The third-order valence-corrected chi connectivity index (χ3v) is 6.06. The number of fused-ring (bicyclic) bond motifs is 1. The molecule has 2 aromatic carbocycles. The summed E-state index contributed by atoms with van der Waals surface area (Å²) in [5, 5.41) is 4.96. The van der Waals surface area contributed by atoms with Crippen LogP contribution < -0.4 is 10.1 Å². The van der Waals surface area contributed by atoms with Gasteiger partial charge in [0.25, 0.3) is 5.91 Å². The Hall–Kier alpha value is -2.38. The minimum absolute atomic E-state index is 0.173. The van der Waals surface area contributed by atoms with E-state index in [-0.39, 0.29) is 17.8 Å². The van der Waals surface area contributed by atoms with Gasteiger partial charge in [0, 0.05) is 21.6 Å². The van der Waals surface area contributed by atoms with Crippen LogP contribution in [0.2, 0.25) is 0 Å². The van der Waals surface area contributed by atoms with Crippen LogP contribution >= 0.6 is 23.1 Å². The lowest BCUT2D eigenvalue weighted by Gasteiger charge is -2.26. The Balaban J connectivity index is 1.41. The number of nitrogens with one attached hydrogen (secondary N) is 1. The fourth-order valence-corrected chi connectivity index (χ4v) is 4.57. The first-order valence-corrected chi connectivity index (χ1v) is 10.4. The Bertz CT molecular complexity index is 930. The molecule has 0 saturated heterocycles. The van der Waals surface area contributed by atoms with E-state index in [1.54, 1.807) is 47.6 Å². The zero-order chi connectivity index (χ0) is 18.6. The van der Waals surface area contributed by atoms with E-state index in [4.69, 9.17) is 4.74 Å². The van der Waals surface area contributed by atoms with Crippen LogP contribution in [0.1, 0.15) is 34.1 Å². The van der Waals surface area contributed by atoms with Gasteiger partial charge in [0.05, 0.1) is 17.2 Å². The smallest absolute Gasteiger partial charge is 0.251 e. The number of amides is 1. The van der Waals surface area contributed by atoms with E-state index in [9.17, 15) is 9.18 Å². The van der Waals surface area contributed by atoms with Gasteiger partial charge in [-0.25, -0.2) is 9.37 Å². The molecule has 1 amide bonds. The molecule has 0 radical (unpaired) electrons. The molecule has 7 heteroatoms. The number of halogens is 1. The normalized spacial score (nSPS) is 15.8. The van der Waals surface area contributed by atoms with Crippen molar-refractivity contribution in [2.75, 3.05) is 5.75 Å². The molecular weight excluding hydrogens is 383 g/mol. The van der Waals surface area contributed by atoms with Crippen LogP contribution in [0.3, 0.4) is 0 Å². The number of thiazole rings is 1. The molecule has 0 fully saturated rings. The molecule has 1 atom stereocenters. The molecular formula is C20H17FN2O2S2. The molecule has 0 saturated carbocycles. The van der Waals surface area contributed by atoms with Crippen molar-refractivity contribution in [3.63, 3.8) is 0 Å². The van der Waals surface area contributed by atoms with Crippen molar-refractivity contribution in [1.82, 2.24) is 10.3 Å². The average molecular weight is 401 g/mol. The zero-order valence-corrected chi connectivity index (χ0v) is 16.0. The molecule has 27 heavy (non-hydrogen) atoms. The molecule has 2 heterocycles. The quantitative estimate of drug-likeness (QED) is 0.667. The highest BCUT2D eigenvalue weighted by Crippen LogP contribution is 2.36. The van der Waals surface area contributed by atoms with E-state index < -0.39 is 0 Å². The summed E-state index contributed by atoms with van der Waals surface area (Å²) in [4.78, 5) is 17.8. The van der Waals surface area contributed by atoms with Crippen LogP contribution in [-0.4, -0.2) is 16.6 Å². The second kappa shape index (κ2) is 8.10. The molecule has 1 unspecified atom stereocenters. The minimum Gasteiger partial charge on any atom is -0.487 e. The summed E-state index contributed by atoms with van der Waals surface area (Å²) in [5.74, 6) is 1.12. The van der Waals surface area contributed by atoms with Crippen LogP contribution in [0, 0.1) is 5.82 Å². The van der Waals surface area contributed by atoms with E-state index in [1.807, 2.05) is 5.38 Å². The summed E-state index contributed by atoms with van der Waals surface area (Å²) >= 11 is 3.22. The van der Waals surface area contributed by atoms with Gasteiger partial charge in [0.1, 0.15) is 18.2 Å². The van der Waals surface area contributed by atoms with E-state index in [0.717, 1.165) is 28.3 Å². The predicted molar refractivity (Wildman–Crippen MR) is 105 cm³/mol. The van der Waals surface area contributed by atoms with Gasteiger partial charge < -0.3 is 10.1 Å². The van der Waals surface area contributed by atoms with Crippen LogP contribution in [0.15, 0.2) is 58.3 Å². The fraction of sp³-hybridized carbons (Fsp3) is 0.200. The second-order valence-electron chi connectivity index (χ2n) is 6.14. The molecule has 138 valence electrons. The summed E-state index contributed by atoms with van der Waals surface area (Å²) in [6.07, 6.45) is 0.779. The molecule has 1 aliphatic rings. The van der Waals surface area contributed by atoms with Crippen LogP contribution in [0.4, 0.5) is 4.39 Å². The Morgan fingerprint density at radius 2 is 2.11 bits per heavy atom. The third-order valence-electron chi connectivity index (χ3n) is 4.30. The van der Waals surface area contributed by atoms with Crippen molar-refractivity contribution in [1.29, 1.82) is 0 Å². The van der Waals surface area contributed by atoms with E-state index in [2.05, 4.69) is 10.3 Å². The van der Waals surface area contributed by atoms with Crippen molar-refractivity contribution in [3.8, 4) is 5.75 Å². The molecule has 0 aliphatic carbocycles. The number of hydrogen-bond acceptors (Lipinski definition) is 5. The van der Waals surface area contributed by atoms with Gasteiger partial charge in [-0.05, 0) is 54.4 Å². The number of nitrogens with zero attached hydrogens (tertiary/aromatic N) is 1. The summed E-state index contributed by atoms with van der Waals surface area (Å²) in [6.45, 7) is 0.400. The highest BCUT2D eigenvalue weighted by Gasteiger charge is 2.23. The van der Waals surface area contributed by atoms with Gasteiger partial charge in [0.15, 0.2) is 0 Å². The fourth-order valence-electron chi connectivity index (χ4n) is 2.93. The molecule has 4 nitrogen and oxygen atoms in total. The molecule has 4 rings (SSSR count). The first-order valence-electron chi connectivity index (χ1n) is 8.52. The second-order valence-corrected chi connectivity index (χ2v) is 7.99. The van der Waals surface area contributed by atoms with Crippen molar-refractivity contribution in [3.05, 3.63) is 76.0 Å². The maximum Gasteiger partial charge on any atom is 0.251 e. The Morgan fingerprint density at radius 1 is 1.26 bits per heavy atom. The molecule has 3 aromatic rings. The van der Waals surface area contributed by atoms with E-state index >= 15 is 0 Å². The van der Waals surface area contributed by atoms with Gasteiger partial charge in [-0.15, -0.1) is 23.1 Å². The van der Waals surface area contributed by atoms with Crippen LogP contribution in [0.25, 0.3) is 0 Å². The van der Waals surface area contributed by atoms with E-state index in [1.165, 1.54) is 23.5 Å². The van der Waals surface area contributed by atoms with Gasteiger partial charge >= 0.3 is 0 Å². The van der Waals surface area contributed by atoms with Crippen LogP contribution in [-0.2, 0) is 6.61 Å². The first-order chi connectivity index (χ1) is 13.2. The predicted octanol–water partition coefficient (Wildman–Crippen LogP) is 4.83. The number of rotatable bonds is 5. The molecule has 0 bridgehead atoms. The summed E-state index contributed by atoms with van der Waals surface area (Å²) in [5.41, 5.74) is 4.04. The number of carbonyl (C=O) groups is 1. The van der Waals surface area contributed by atoms with Gasteiger partial charge in [-0.2, -0.15) is 0 Å². The Morgan fingerprint density at radius 3 is 2.89 bits per heavy atom. The number of aromatic nitrogens is 1. The van der Waals surface area contributed by atoms with Gasteiger partial charge in [-0.1, -0.05) is 0 Å². The minimum atomic E-state index is -0.280. The van der Waals surface area contributed by atoms with Crippen LogP contribution in [0.5, 0.6) is 5.75 Å². The number of carbonyl (C=O) groups excluding carboxylic acids is 1. The molecule has 1 aromatic heterocycles. The Kier molecular flexibility index (Phi) is 5.40. The zero-order valence-electron chi connectivity index (χ0n) is 14.4. The number of thioether (sulfide) groups is 1. The molecule has 1 aliphatic heterocycles. The van der Waals surface area contributed by atoms with Gasteiger partial charge in [0.2, 0.25) is 0 Å². The maximum atomic E-state index is 13.6. The third kappa shape index (κ3) is 4.31. The van der Waals surface area contributed by atoms with Gasteiger partial charge in [-0.3, -0.25) is 4.79 Å². The topological polar surface area (TPSA) is 51.2 Å². The SMILES string of the molecule is O=C(NC1CCSc2ccc(F)cc21)c1ccc(OCc2cscn2)cc1. The monoisotopic (exact) mass is 400 g/mol. The number of hydrogen-bond donors (Lipinski definition) is 1. The van der Waals surface area contributed by atoms with Crippen molar-refractivity contribution < 1.29 is 13.9 Å². The largest absolute Gasteiger partial charge is 0.487 e. The molecule has 0 spiro atoms. The van der Waals surface area contributed by atoms with Crippen molar-refractivity contribution in [2.24, 2.45) is 0 Å². The maximum absolute atomic E-state index is 13.6. The summed E-state index contributed by atoms with van der Waals surface area (Å²) in [6, 6.07) is 11.6. The average Bonchev–Trinajstić information content (AvgIpc) is 3.21. The number of ether oxygens (including phenoxy) is 1. The highest BCUT2D eigenvalue weighted by molar-refractivity contribution is 7.99. The van der Waals surface area contributed by atoms with Crippen molar-refractivity contribution >= 4 is 29.0 Å². The highest BCUT2D eigenvalue weighted by atomic mass is 32.2. The first kappa shape index (κ1) is 18.0. The lowest BCUT2D eigenvalue weighted by atomic mass is 10.0. The lowest BCUT2D eigenvalue weighted by molar-refractivity contribution is 0.0935.